The molecule has 0 aromatic carbocycles. The number of aliphatic hydroxyl groups excluding tert-OH is 1. The van der Waals surface area contributed by atoms with Crippen LogP contribution in [0.2, 0.25) is 0 Å². The summed E-state index contributed by atoms with van der Waals surface area (Å²) in [7, 11) is 0. The average molecular weight is 456 g/mol. The van der Waals surface area contributed by atoms with Crippen molar-refractivity contribution in [3.8, 4) is 0 Å². The van der Waals surface area contributed by atoms with Gasteiger partial charge in [0.2, 0.25) is 0 Å². The van der Waals surface area contributed by atoms with Gasteiger partial charge in [-0.15, -0.1) is 0 Å². The van der Waals surface area contributed by atoms with E-state index in [-0.39, 0.29) is 12.3 Å². The van der Waals surface area contributed by atoms with Crippen LogP contribution >= 0.6 is 0 Å². The van der Waals surface area contributed by atoms with Crippen LogP contribution in [0.25, 0.3) is 10.4 Å². The maximum absolute atomic E-state index is 12.7. The van der Waals surface area contributed by atoms with Gasteiger partial charge in [0.05, 0.1) is 18.7 Å². The van der Waals surface area contributed by atoms with Gasteiger partial charge in [0.15, 0.2) is 5.60 Å². The lowest BCUT2D eigenvalue weighted by Crippen LogP contribution is -2.55. The SMILES string of the molecule is CC(C)CNC(=O)[C@](O)(CN=[N+]=[N-])C[C@H](O)[C@H](CC1CCCCC1)NC(=O)OC(C)(C)C. The number of azide groups is 1. The Kier molecular flexibility index (Phi) is 11.3. The predicted octanol–water partition coefficient (Wildman–Crippen LogP) is 3.41. The Hall–Kier alpha value is -2.03. The van der Waals surface area contributed by atoms with Gasteiger partial charge >= 0.3 is 6.09 Å². The Morgan fingerprint density at radius 3 is 2.38 bits per heavy atom. The molecule has 1 rings (SSSR count). The third-order valence-electron chi connectivity index (χ3n) is 5.51. The number of carbonyl (C=O) groups excluding carboxylic acids is 2. The highest BCUT2D eigenvalue weighted by Crippen LogP contribution is 2.29. The number of hydrogen-bond donors (Lipinski definition) is 4. The van der Waals surface area contributed by atoms with Crippen LogP contribution in [0.5, 0.6) is 0 Å². The summed E-state index contributed by atoms with van der Waals surface area (Å²) < 4.78 is 5.35. The normalized spacial score (nSPS) is 18.8. The van der Waals surface area contributed by atoms with E-state index in [0.29, 0.717) is 18.9 Å². The molecule has 0 radical (unpaired) electrons. The number of carbonyl (C=O) groups is 2. The molecule has 184 valence electrons. The zero-order chi connectivity index (χ0) is 24.4. The molecule has 1 fully saturated rings. The molecular formula is C22H41N5O5. The first-order valence-electron chi connectivity index (χ1n) is 11.6. The van der Waals surface area contributed by atoms with Crippen molar-refractivity contribution in [3.05, 3.63) is 10.4 Å². The number of ether oxygens (including phenoxy) is 1. The van der Waals surface area contributed by atoms with E-state index >= 15 is 0 Å². The zero-order valence-electron chi connectivity index (χ0n) is 20.1. The molecule has 0 heterocycles. The first kappa shape index (κ1) is 28.0. The van der Waals surface area contributed by atoms with E-state index in [1.54, 1.807) is 20.8 Å². The Bertz CT molecular complexity index is 654. The van der Waals surface area contributed by atoms with E-state index in [4.69, 9.17) is 10.3 Å². The molecule has 32 heavy (non-hydrogen) atoms. The molecule has 4 N–H and O–H groups in total. The summed E-state index contributed by atoms with van der Waals surface area (Å²) in [5.41, 5.74) is 5.89. The van der Waals surface area contributed by atoms with Crippen molar-refractivity contribution in [1.82, 2.24) is 10.6 Å². The molecule has 0 bridgehead atoms. The van der Waals surface area contributed by atoms with E-state index in [9.17, 15) is 19.8 Å². The summed E-state index contributed by atoms with van der Waals surface area (Å²) in [6.45, 7) is 8.87. The summed E-state index contributed by atoms with van der Waals surface area (Å²) in [4.78, 5) is 27.7. The van der Waals surface area contributed by atoms with Gasteiger partial charge in [0.25, 0.3) is 5.91 Å². The van der Waals surface area contributed by atoms with Crippen molar-refractivity contribution >= 4 is 12.0 Å². The van der Waals surface area contributed by atoms with Crippen molar-refractivity contribution in [2.45, 2.75) is 103 Å². The van der Waals surface area contributed by atoms with Gasteiger partial charge in [-0.3, -0.25) is 4.79 Å². The molecule has 10 nitrogen and oxygen atoms in total. The lowest BCUT2D eigenvalue weighted by Gasteiger charge is -2.34. The molecule has 0 spiro atoms. The number of alkyl carbamates (subject to hydrolysis) is 1. The van der Waals surface area contributed by atoms with Crippen LogP contribution < -0.4 is 10.6 Å². The number of hydrogen-bond acceptors (Lipinski definition) is 6. The zero-order valence-corrected chi connectivity index (χ0v) is 20.1. The van der Waals surface area contributed by atoms with E-state index in [1.807, 2.05) is 13.8 Å². The largest absolute Gasteiger partial charge is 0.444 e. The highest BCUT2D eigenvalue weighted by atomic mass is 16.6. The van der Waals surface area contributed by atoms with Gasteiger partial charge in [-0.25, -0.2) is 4.79 Å². The Labute approximate surface area is 191 Å². The Balaban J connectivity index is 3.00. The third-order valence-corrected chi connectivity index (χ3v) is 5.51. The van der Waals surface area contributed by atoms with E-state index in [0.717, 1.165) is 25.7 Å². The quantitative estimate of drug-likeness (QED) is 0.213. The first-order valence-corrected chi connectivity index (χ1v) is 11.6. The molecule has 0 aromatic rings. The molecular weight excluding hydrogens is 414 g/mol. The molecule has 0 aliphatic heterocycles. The van der Waals surface area contributed by atoms with Gasteiger partial charge in [-0.1, -0.05) is 51.1 Å². The lowest BCUT2D eigenvalue weighted by atomic mass is 9.82. The van der Waals surface area contributed by atoms with Crippen molar-refractivity contribution in [3.63, 3.8) is 0 Å². The minimum Gasteiger partial charge on any atom is -0.444 e. The molecule has 0 aromatic heterocycles. The van der Waals surface area contributed by atoms with E-state index in [2.05, 4.69) is 20.7 Å². The monoisotopic (exact) mass is 455 g/mol. The Morgan fingerprint density at radius 1 is 1.22 bits per heavy atom. The van der Waals surface area contributed by atoms with Crippen LogP contribution in [0.4, 0.5) is 4.79 Å². The van der Waals surface area contributed by atoms with Crippen LogP contribution in [0.15, 0.2) is 5.11 Å². The molecule has 10 heteroatoms. The third kappa shape index (κ3) is 10.5. The second-order valence-electron chi connectivity index (χ2n) is 10.3. The summed E-state index contributed by atoms with van der Waals surface area (Å²) in [5, 5.41) is 30.7. The highest BCUT2D eigenvalue weighted by Gasteiger charge is 2.40. The molecule has 1 aliphatic rings. The topological polar surface area (TPSA) is 157 Å². The molecule has 1 aliphatic carbocycles. The van der Waals surface area contributed by atoms with Crippen LogP contribution in [0.1, 0.15) is 79.6 Å². The predicted molar refractivity (Wildman–Crippen MR) is 122 cm³/mol. The summed E-state index contributed by atoms with van der Waals surface area (Å²) >= 11 is 0. The number of nitrogens with one attached hydrogen (secondary N) is 2. The fourth-order valence-electron chi connectivity index (χ4n) is 3.88. The second kappa shape index (κ2) is 12.9. The van der Waals surface area contributed by atoms with E-state index in [1.165, 1.54) is 6.42 Å². The average Bonchev–Trinajstić information content (AvgIpc) is 2.69. The fraction of sp³-hybridized carbons (Fsp3) is 0.909. The van der Waals surface area contributed by atoms with Crippen LogP contribution in [0.3, 0.4) is 0 Å². The molecule has 0 unspecified atom stereocenters. The van der Waals surface area contributed by atoms with Gasteiger partial charge in [0, 0.05) is 17.9 Å². The number of aliphatic hydroxyl groups is 2. The number of nitrogens with zero attached hydrogens (tertiary/aromatic N) is 3. The van der Waals surface area contributed by atoms with Crippen molar-refractivity contribution in [1.29, 1.82) is 0 Å². The number of rotatable bonds is 11. The summed E-state index contributed by atoms with van der Waals surface area (Å²) in [6, 6.07) is -0.719. The van der Waals surface area contributed by atoms with Crippen LogP contribution in [-0.2, 0) is 9.53 Å². The smallest absolute Gasteiger partial charge is 0.407 e. The van der Waals surface area contributed by atoms with Crippen LogP contribution in [0, 0.1) is 11.8 Å². The maximum atomic E-state index is 12.7. The molecule has 3 atom stereocenters. The van der Waals surface area contributed by atoms with Crippen molar-refractivity contribution in [2.24, 2.45) is 17.0 Å². The Morgan fingerprint density at radius 2 is 1.84 bits per heavy atom. The summed E-state index contributed by atoms with van der Waals surface area (Å²) in [6.07, 6.45) is 3.57. The maximum Gasteiger partial charge on any atom is 0.407 e. The van der Waals surface area contributed by atoms with Gasteiger partial charge < -0.3 is 25.6 Å². The van der Waals surface area contributed by atoms with Crippen molar-refractivity contribution in [2.75, 3.05) is 13.1 Å². The molecule has 1 saturated carbocycles. The molecule has 2 amide bonds. The second-order valence-corrected chi connectivity index (χ2v) is 10.3. The fourth-order valence-corrected chi connectivity index (χ4v) is 3.88. The van der Waals surface area contributed by atoms with Gasteiger partial charge in [-0.05, 0) is 44.6 Å². The minimum absolute atomic E-state index is 0.153. The lowest BCUT2D eigenvalue weighted by molar-refractivity contribution is -0.142. The highest BCUT2D eigenvalue weighted by molar-refractivity contribution is 5.85. The number of amides is 2. The van der Waals surface area contributed by atoms with Crippen molar-refractivity contribution < 1.29 is 24.5 Å². The standard InChI is InChI=1S/C22H41N5O5/c1-15(2)13-24-19(29)22(31,14-25-27-23)12-18(28)17(11-16-9-7-6-8-10-16)26-20(30)32-21(3,4)5/h15-18,28,31H,6-14H2,1-5H3,(H,24,29)(H,26,30)/t17-,18-,22+/m0/s1. The van der Waals surface area contributed by atoms with Crippen LogP contribution in [-0.4, -0.2) is 58.7 Å². The minimum atomic E-state index is -2.10. The van der Waals surface area contributed by atoms with E-state index < -0.39 is 41.9 Å². The van der Waals surface area contributed by atoms with Gasteiger partial charge in [0.1, 0.15) is 5.60 Å². The van der Waals surface area contributed by atoms with Gasteiger partial charge in [-0.2, -0.15) is 0 Å². The molecule has 0 saturated heterocycles. The summed E-state index contributed by atoms with van der Waals surface area (Å²) in [5.74, 6) is -0.245. The first-order chi connectivity index (χ1) is 14.9.